The summed E-state index contributed by atoms with van der Waals surface area (Å²) in [5, 5.41) is 0. The highest BCUT2D eigenvalue weighted by atomic mass is 32.2. The second-order valence-electron chi connectivity index (χ2n) is 4.09. The van der Waals surface area contributed by atoms with Gasteiger partial charge in [0.05, 0.1) is 18.6 Å². The molecule has 19 heavy (non-hydrogen) atoms. The van der Waals surface area contributed by atoms with Crippen molar-refractivity contribution in [2.75, 3.05) is 25.3 Å². The van der Waals surface area contributed by atoms with E-state index in [2.05, 4.69) is 0 Å². The van der Waals surface area contributed by atoms with Gasteiger partial charge in [-0.3, -0.25) is 9.69 Å². The van der Waals surface area contributed by atoms with E-state index >= 15 is 0 Å². The van der Waals surface area contributed by atoms with Crippen LogP contribution in [0.3, 0.4) is 0 Å². The van der Waals surface area contributed by atoms with Crippen molar-refractivity contribution < 1.29 is 19.1 Å². The Bertz CT molecular complexity index is 497. The molecule has 0 bridgehead atoms. The van der Waals surface area contributed by atoms with E-state index in [9.17, 15) is 9.59 Å². The Morgan fingerprint density at radius 1 is 1.37 bits per heavy atom. The minimum atomic E-state index is -0.430. The highest BCUT2D eigenvalue weighted by Gasteiger charge is 2.22. The van der Waals surface area contributed by atoms with Gasteiger partial charge >= 0.3 is 6.09 Å². The van der Waals surface area contributed by atoms with Crippen LogP contribution in [0.5, 0.6) is 11.5 Å². The number of hydrogen-bond acceptors (Lipinski definition) is 5. The van der Waals surface area contributed by atoms with Gasteiger partial charge < -0.3 is 9.47 Å². The van der Waals surface area contributed by atoms with Gasteiger partial charge in [0.15, 0.2) is 5.78 Å². The number of amides is 1. The average Bonchev–Trinajstić information content (AvgIpc) is 2.92. The summed E-state index contributed by atoms with van der Waals surface area (Å²) in [5.41, 5.74) is 0.376. The van der Waals surface area contributed by atoms with Gasteiger partial charge in [0.2, 0.25) is 0 Å². The summed E-state index contributed by atoms with van der Waals surface area (Å²) >= 11 is 1.67. The smallest absolute Gasteiger partial charge is 0.415 e. The fourth-order valence-electron chi connectivity index (χ4n) is 1.72. The van der Waals surface area contributed by atoms with Crippen LogP contribution in [0.2, 0.25) is 0 Å². The van der Waals surface area contributed by atoms with Crippen molar-refractivity contribution in [3.05, 3.63) is 23.8 Å². The molecular formula is C13H15NO4S. The van der Waals surface area contributed by atoms with Gasteiger partial charge in [0, 0.05) is 18.4 Å². The Labute approximate surface area is 115 Å². The molecule has 0 unspecified atom stereocenters. The van der Waals surface area contributed by atoms with E-state index < -0.39 is 6.09 Å². The van der Waals surface area contributed by atoms with Crippen LogP contribution >= 0.6 is 11.8 Å². The first-order chi connectivity index (χ1) is 9.11. The zero-order valence-corrected chi connectivity index (χ0v) is 11.7. The van der Waals surface area contributed by atoms with Gasteiger partial charge in [-0.05, 0) is 19.1 Å². The molecule has 1 aliphatic rings. The van der Waals surface area contributed by atoms with Crippen LogP contribution in [0.25, 0.3) is 0 Å². The molecule has 1 aromatic carbocycles. The monoisotopic (exact) mass is 281 g/mol. The van der Waals surface area contributed by atoms with Crippen molar-refractivity contribution in [2.24, 2.45) is 0 Å². The van der Waals surface area contributed by atoms with E-state index in [4.69, 9.17) is 9.47 Å². The third-order valence-electron chi connectivity index (χ3n) is 2.78. The average molecular weight is 281 g/mol. The fraction of sp³-hybridized carbons (Fsp3) is 0.385. The first-order valence-electron chi connectivity index (χ1n) is 5.85. The van der Waals surface area contributed by atoms with Crippen molar-refractivity contribution in [1.29, 1.82) is 0 Å². The molecule has 1 fully saturated rings. The Balaban J connectivity index is 2.21. The quantitative estimate of drug-likeness (QED) is 0.796. The van der Waals surface area contributed by atoms with Crippen molar-refractivity contribution >= 4 is 23.6 Å². The summed E-state index contributed by atoms with van der Waals surface area (Å²) in [6.07, 6.45) is -0.430. The summed E-state index contributed by atoms with van der Waals surface area (Å²) in [4.78, 5) is 25.1. The van der Waals surface area contributed by atoms with Gasteiger partial charge in [-0.25, -0.2) is 4.79 Å². The maximum absolute atomic E-state index is 11.9. The first kappa shape index (κ1) is 13.7. The molecule has 1 amide bonds. The SMILES string of the molecule is COc1ccc(C(C)=O)c(OC(=O)N2CCSC2)c1. The summed E-state index contributed by atoms with van der Waals surface area (Å²) in [7, 11) is 1.52. The summed E-state index contributed by atoms with van der Waals surface area (Å²) in [5.74, 6) is 2.17. The number of nitrogens with zero attached hydrogens (tertiary/aromatic N) is 1. The van der Waals surface area contributed by atoms with Crippen molar-refractivity contribution in [2.45, 2.75) is 6.92 Å². The normalized spacial score (nSPS) is 14.3. The molecule has 2 rings (SSSR count). The predicted molar refractivity (Wildman–Crippen MR) is 73.1 cm³/mol. The predicted octanol–water partition coefficient (Wildman–Crippen LogP) is 2.40. The second kappa shape index (κ2) is 5.97. The Morgan fingerprint density at radius 3 is 2.74 bits per heavy atom. The number of ketones is 1. The molecule has 1 saturated heterocycles. The Hall–Kier alpha value is -1.69. The summed E-state index contributed by atoms with van der Waals surface area (Å²) in [6, 6.07) is 4.82. The second-order valence-corrected chi connectivity index (χ2v) is 5.16. The van der Waals surface area contributed by atoms with E-state index in [1.54, 1.807) is 34.9 Å². The zero-order chi connectivity index (χ0) is 13.8. The lowest BCUT2D eigenvalue weighted by molar-refractivity contribution is 0.101. The number of Topliss-reactive ketones (excluding diaryl/α,β-unsaturated/α-hetero) is 1. The molecule has 1 aliphatic heterocycles. The summed E-state index contributed by atoms with van der Waals surface area (Å²) < 4.78 is 10.4. The van der Waals surface area contributed by atoms with Crippen LogP contribution in [0.15, 0.2) is 18.2 Å². The number of rotatable bonds is 3. The molecular weight excluding hydrogens is 266 g/mol. The molecule has 0 atom stereocenters. The molecule has 0 N–H and O–H groups in total. The standard InChI is InChI=1S/C13H15NO4S/c1-9(15)11-4-3-10(17-2)7-12(11)18-13(16)14-5-6-19-8-14/h3-4,7H,5-6,8H2,1-2H3. The molecule has 5 nitrogen and oxygen atoms in total. The molecule has 6 heteroatoms. The molecule has 0 aromatic heterocycles. The third kappa shape index (κ3) is 3.20. The minimum absolute atomic E-state index is 0.152. The lowest BCUT2D eigenvalue weighted by Gasteiger charge is -2.16. The number of thioether (sulfide) groups is 1. The number of hydrogen-bond donors (Lipinski definition) is 0. The molecule has 0 aliphatic carbocycles. The van der Waals surface area contributed by atoms with Crippen molar-refractivity contribution in [3.8, 4) is 11.5 Å². The van der Waals surface area contributed by atoms with Gasteiger partial charge in [0.1, 0.15) is 11.5 Å². The maximum atomic E-state index is 11.9. The first-order valence-corrected chi connectivity index (χ1v) is 7.01. The molecule has 0 spiro atoms. The van der Waals surface area contributed by atoms with Gasteiger partial charge in [-0.1, -0.05) is 0 Å². The molecule has 0 radical (unpaired) electrons. The van der Waals surface area contributed by atoms with Crippen LogP contribution in [-0.2, 0) is 0 Å². The number of carbonyl (C=O) groups is 2. The van der Waals surface area contributed by atoms with Crippen molar-refractivity contribution in [3.63, 3.8) is 0 Å². The lowest BCUT2D eigenvalue weighted by Crippen LogP contribution is -2.31. The maximum Gasteiger partial charge on any atom is 0.415 e. The third-order valence-corrected chi connectivity index (χ3v) is 3.74. The van der Waals surface area contributed by atoms with Crippen LogP contribution in [0.1, 0.15) is 17.3 Å². The van der Waals surface area contributed by atoms with Crippen LogP contribution in [0, 0.1) is 0 Å². The number of methoxy groups -OCH3 is 1. The number of carbonyl (C=O) groups excluding carboxylic acids is 2. The van der Waals surface area contributed by atoms with E-state index in [-0.39, 0.29) is 11.5 Å². The van der Waals surface area contributed by atoms with E-state index in [0.717, 1.165) is 5.75 Å². The Kier molecular flexibility index (Phi) is 4.31. The molecule has 1 heterocycles. The number of ether oxygens (including phenoxy) is 2. The van der Waals surface area contributed by atoms with Crippen LogP contribution in [0.4, 0.5) is 4.79 Å². The lowest BCUT2D eigenvalue weighted by atomic mass is 10.1. The van der Waals surface area contributed by atoms with E-state index in [1.165, 1.54) is 14.0 Å². The number of benzene rings is 1. The van der Waals surface area contributed by atoms with Gasteiger partial charge in [0.25, 0.3) is 0 Å². The van der Waals surface area contributed by atoms with Crippen LogP contribution < -0.4 is 9.47 Å². The Morgan fingerprint density at radius 2 is 2.16 bits per heavy atom. The molecule has 102 valence electrons. The highest BCUT2D eigenvalue weighted by molar-refractivity contribution is 7.99. The minimum Gasteiger partial charge on any atom is -0.497 e. The zero-order valence-electron chi connectivity index (χ0n) is 10.8. The van der Waals surface area contributed by atoms with Crippen molar-refractivity contribution in [1.82, 2.24) is 4.90 Å². The largest absolute Gasteiger partial charge is 0.497 e. The van der Waals surface area contributed by atoms with Gasteiger partial charge in [-0.2, -0.15) is 0 Å². The van der Waals surface area contributed by atoms with E-state index in [0.29, 0.717) is 23.7 Å². The highest BCUT2D eigenvalue weighted by Crippen LogP contribution is 2.26. The van der Waals surface area contributed by atoms with E-state index in [1.807, 2.05) is 0 Å². The fourth-order valence-corrected chi connectivity index (χ4v) is 2.66. The summed E-state index contributed by atoms with van der Waals surface area (Å²) in [6.45, 7) is 2.10. The van der Waals surface area contributed by atoms with Crippen LogP contribution in [-0.4, -0.2) is 42.1 Å². The van der Waals surface area contributed by atoms with Gasteiger partial charge in [-0.15, -0.1) is 11.8 Å². The topological polar surface area (TPSA) is 55.8 Å². The molecule has 0 saturated carbocycles. The molecule has 1 aromatic rings.